The fraction of sp³-hybridized carbons (Fsp3) is 0.182. The van der Waals surface area contributed by atoms with Crippen LogP contribution in [0.5, 0.6) is 0 Å². The monoisotopic (exact) mass is 453 g/mol. The standard InChI is InChI=1S/C22H21Cl2N7/c1-3-31(4-2)22-29-20(24)28-21(30-22)27-16-8-6-15(7-9-16)26-18-11-12-25-19-13-14(23)5-10-17(18)19/h5-13H,3-4H2,1-2H3,(H,25,26)(H,27,28,29,30). The molecule has 0 fully saturated rings. The van der Waals surface area contributed by atoms with Crippen LogP contribution >= 0.6 is 23.2 Å². The quantitative estimate of drug-likeness (QED) is 0.351. The number of nitrogens with zero attached hydrogens (tertiary/aromatic N) is 5. The van der Waals surface area contributed by atoms with E-state index >= 15 is 0 Å². The van der Waals surface area contributed by atoms with E-state index in [1.807, 2.05) is 67.3 Å². The molecule has 4 rings (SSSR count). The molecule has 7 nitrogen and oxygen atoms in total. The van der Waals surface area contributed by atoms with Crippen molar-refractivity contribution in [1.82, 2.24) is 19.9 Å². The third-order valence-electron chi connectivity index (χ3n) is 4.77. The van der Waals surface area contributed by atoms with Gasteiger partial charge in [-0.3, -0.25) is 4.98 Å². The number of benzene rings is 2. The first-order chi connectivity index (χ1) is 15.1. The number of hydrogen-bond donors (Lipinski definition) is 2. The van der Waals surface area contributed by atoms with Crippen LogP contribution in [-0.4, -0.2) is 33.0 Å². The van der Waals surface area contributed by atoms with Crippen LogP contribution in [-0.2, 0) is 0 Å². The summed E-state index contributed by atoms with van der Waals surface area (Å²) in [5.74, 6) is 0.954. The summed E-state index contributed by atoms with van der Waals surface area (Å²) >= 11 is 12.2. The molecule has 0 aliphatic heterocycles. The molecule has 158 valence electrons. The Hall–Kier alpha value is -3.16. The summed E-state index contributed by atoms with van der Waals surface area (Å²) in [5, 5.41) is 8.43. The first-order valence-corrected chi connectivity index (χ1v) is 10.7. The van der Waals surface area contributed by atoms with E-state index in [4.69, 9.17) is 23.2 Å². The Morgan fingerprint density at radius 1 is 0.839 bits per heavy atom. The molecule has 0 unspecified atom stereocenters. The lowest BCUT2D eigenvalue weighted by Gasteiger charge is -2.18. The number of fused-ring (bicyclic) bond motifs is 1. The van der Waals surface area contributed by atoms with Crippen molar-refractivity contribution in [1.29, 1.82) is 0 Å². The second-order valence-corrected chi connectivity index (χ2v) is 7.52. The van der Waals surface area contributed by atoms with Gasteiger partial charge in [0.05, 0.1) is 5.52 Å². The molecule has 2 aromatic carbocycles. The number of anilines is 5. The molecule has 31 heavy (non-hydrogen) atoms. The smallest absolute Gasteiger partial charge is 0.233 e. The molecule has 0 saturated carbocycles. The molecule has 4 aromatic rings. The summed E-state index contributed by atoms with van der Waals surface area (Å²) in [6.45, 7) is 5.65. The first kappa shape index (κ1) is 21.1. The summed E-state index contributed by atoms with van der Waals surface area (Å²) in [7, 11) is 0. The van der Waals surface area contributed by atoms with Crippen LogP contribution in [0.25, 0.3) is 10.9 Å². The van der Waals surface area contributed by atoms with E-state index in [1.165, 1.54) is 0 Å². The zero-order chi connectivity index (χ0) is 21.8. The second kappa shape index (κ2) is 9.32. The van der Waals surface area contributed by atoms with Gasteiger partial charge in [-0.25, -0.2) is 0 Å². The maximum Gasteiger partial charge on any atom is 0.233 e. The second-order valence-electron chi connectivity index (χ2n) is 6.75. The zero-order valence-corrected chi connectivity index (χ0v) is 18.6. The van der Waals surface area contributed by atoms with E-state index in [-0.39, 0.29) is 5.28 Å². The van der Waals surface area contributed by atoms with Gasteiger partial charge in [-0.2, -0.15) is 15.0 Å². The normalized spacial score (nSPS) is 10.8. The van der Waals surface area contributed by atoms with Crippen molar-refractivity contribution in [3.05, 3.63) is 65.0 Å². The Morgan fingerprint density at radius 3 is 2.26 bits per heavy atom. The minimum absolute atomic E-state index is 0.155. The highest BCUT2D eigenvalue weighted by Gasteiger charge is 2.10. The molecule has 0 bridgehead atoms. The third kappa shape index (κ3) is 4.95. The molecule has 0 aliphatic carbocycles. The molecular weight excluding hydrogens is 433 g/mol. The van der Waals surface area contributed by atoms with Crippen LogP contribution in [0.3, 0.4) is 0 Å². The predicted molar refractivity (Wildman–Crippen MR) is 128 cm³/mol. The fourth-order valence-corrected chi connectivity index (χ4v) is 3.52. The maximum atomic E-state index is 6.09. The first-order valence-electron chi connectivity index (χ1n) is 9.90. The van der Waals surface area contributed by atoms with E-state index in [2.05, 4.69) is 30.6 Å². The molecule has 0 atom stereocenters. The van der Waals surface area contributed by atoms with E-state index < -0.39 is 0 Å². The van der Waals surface area contributed by atoms with Crippen LogP contribution in [0.4, 0.5) is 29.0 Å². The molecular formula is C22H21Cl2N7. The molecule has 0 spiro atoms. The molecule has 0 amide bonds. The van der Waals surface area contributed by atoms with Gasteiger partial charge in [0, 0.05) is 46.8 Å². The predicted octanol–water partition coefficient (Wildman–Crippen LogP) is 6.06. The summed E-state index contributed by atoms with van der Waals surface area (Å²) in [6, 6.07) is 15.4. The van der Waals surface area contributed by atoms with Crippen LogP contribution < -0.4 is 15.5 Å². The van der Waals surface area contributed by atoms with Gasteiger partial charge in [-0.15, -0.1) is 0 Å². The van der Waals surface area contributed by atoms with Crippen LogP contribution in [0.2, 0.25) is 10.3 Å². The number of halogens is 2. The number of rotatable bonds is 7. The molecule has 9 heteroatoms. The molecule has 2 aromatic heterocycles. The van der Waals surface area contributed by atoms with Crippen molar-refractivity contribution in [3.8, 4) is 0 Å². The van der Waals surface area contributed by atoms with Crippen molar-refractivity contribution in [2.24, 2.45) is 0 Å². The van der Waals surface area contributed by atoms with Crippen molar-refractivity contribution < 1.29 is 0 Å². The molecule has 0 saturated heterocycles. The Balaban J connectivity index is 1.52. The Morgan fingerprint density at radius 2 is 1.55 bits per heavy atom. The summed E-state index contributed by atoms with van der Waals surface area (Å²) < 4.78 is 0. The fourth-order valence-electron chi connectivity index (χ4n) is 3.20. The average molecular weight is 454 g/mol. The van der Waals surface area contributed by atoms with Gasteiger partial charge in [-0.05, 0) is 74.0 Å². The van der Waals surface area contributed by atoms with Crippen molar-refractivity contribution in [2.45, 2.75) is 13.8 Å². The van der Waals surface area contributed by atoms with Gasteiger partial charge in [0.1, 0.15) is 0 Å². The lowest BCUT2D eigenvalue weighted by atomic mass is 10.2. The van der Waals surface area contributed by atoms with Crippen LogP contribution in [0.15, 0.2) is 54.7 Å². The van der Waals surface area contributed by atoms with Gasteiger partial charge in [0.25, 0.3) is 0 Å². The lowest BCUT2D eigenvalue weighted by molar-refractivity contribution is 0.814. The number of aromatic nitrogens is 4. The molecule has 2 N–H and O–H groups in total. The van der Waals surface area contributed by atoms with Crippen molar-refractivity contribution in [3.63, 3.8) is 0 Å². The minimum Gasteiger partial charge on any atom is -0.355 e. The van der Waals surface area contributed by atoms with E-state index in [0.29, 0.717) is 16.9 Å². The van der Waals surface area contributed by atoms with Crippen molar-refractivity contribution >= 4 is 63.1 Å². The van der Waals surface area contributed by atoms with Crippen LogP contribution in [0, 0.1) is 0 Å². The Bertz CT molecular complexity index is 1190. The Labute approximate surface area is 190 Å². The van der Waals surface area contributed by atoms with Gasteiger partial charge < -0.3 is 15.5 Å². The highest BCUT2D eigenvalue weighted by Crippen LogP contribution is 2.28. The van der Waals surface area contributed by atoms with E-state index in [9.17, 15) is 0 Å². The van der Waals surface area contributed by atoms with E-state index in [1.54, 1.807) is 6.20 Å². The summed E-state index contributed by atoms with van der Waals surface area (Å²) in [5.41, 5.74) is 3.57. The number of hydrogen-bond acceptors (Lipinski definition) is 7. The van der Waals surface area contributed by atoms with E-state index in [0.717, 1.165) is 41.1 Å². The molecule has 2 heterocycles. The third-order valence-corrected chi connectivity index (χ3v) is 5.17. The summed E-state index contributed by atoms with van der Waals surface area (Å²) in [4.78, 5) is 19.3. The average Bonchev–Trinajstić information content (AvgIpc) is 2.75. The van der Waals surface area contributed by atoms with Gasteiger partial charge in [0.2, 0.25) is 17.2 Å². The zero-order valence-electron chi connectivity index (χ0n) is 17.1. The lowest BCUT2D eigenvalue weighted by Crippen LogP contribution is -2.24. The van der Waals surface area contributed by atoms with Gasteiger partial charge in [-0.1, -0.05) is 11.6 Å². The molecule has 0 aliphatic rings. The molecule has 0 radical (unpaired) electrons. The van der Waals surface area contributed by atoms with Gasteiger partial charge >= 0.3 is 0 Å². The topological polar surface area (TPSA) is 78.9 Å². The van der Waals surface area contributed by atoms with Crippen LogP contribution in [0.1, 0.15) is 13.8 Å². The van der Waals surface area contributed by atoms with Crippen molar-refractivity contribution in [2.75, 3.05) is 28.6 Å². The van der Waals surface area contributed by atoms with Gasteiger partial charge in [0.15, 0.2) is 0 Å². The Kier molecular flexibility index (Phi) is 6.34. The summed E-state index contributed by atoms with van der Waals surface area (Å²) in [6.07, 6.45) is 1.76. The highest BCUT2D eigenvalue weighted by molar-refractivity contribution is 6.31. The SMILES string of the molecule is CCN(CC)c1nc(Cl)nc(Nc2ccc(Nc3ccnc4cc(Cl)ccc34)cc2)n1. The maximum absolute atomic E-state index is 6.09. The number of pyridine rings is 1. The number of nitrogens with one attached hydrogen (secondary N) is 2. The highest BCUT2D eigenvalue weighted by atomic mass is 35.5. The minimum atomic E-state index is 0.155. The largest absolute Gasteiger partial charge is 0.355 e.